The van der Waals surface area contributed by atoms with E-state index < -0.39 is 11.9 Å². The van der Waals surface area contributed by atoms with Crippen LogP contribution in [-0.2, 0) is 4.79 Å². The van der Waals surface area contributed by atoms with Crippen LogP contribution in [0.15, 0.2) is 0 Å². The number of hydrogen-bond acceptors (Lipinski definition) is 3. The summed E-state index contributed by atoms with van der Waals surface area (Å²) in [6.07, 6.45) is 0.798. The third-order valence-electron chi connectivity index (χ3n) is 2.97. The molecular weight excluding hydrogens is 270 g/mol. The highest BCUT2D eigenvalue weighted by Crippen LogP contribution is 2.11. The lowest BCUT2D eigenvalue weighted by Gasteiger charge is -2.25. The van der Waals surface area contributed by atoms with E-state index >= 15 is 0 Å². The van der Waals surface area contributed by atoms with Crippen LogP contribution in [-0.4, -0.2) is 41.6 Å². The number of rotatable bonds is 9. The largest absolute Gasteiger partial charge is 0.481 e. The summed E-state index contributed by atoms with van der Waals surface area (Å²) in [5.41, 5.74) is 0. The predicted molar refractivity (Wildman–Crippen MR) is 80.6 cm³/mol. The average Bonchev–Trinajstić information content (AvgIpc) is 2.37. The van der Waals surface area contributed by atoms with Gasteiger partial charge in [0.2, 0.25) is 0 Å². The average molecular weight is 297 g/mol. The Balaban J connectivity index is 4.51. The van der Waals surface area contributed by atoms with Crippen molar-refractivity contribution in [2.45, 2.75) is 40.5 Å². The standard InChI is InChI=1S/C15H27N3O3/c1-11(2)8-13(14(19)20)9-17-15(21)18(7-5-6-16)10-12(3)4/h11-13H,5,7-10H2,1-4H3,(H,17,21)(H,19,20). The Morgan fingerprint density at radius 3 is 2.29 bits per heavy atom. The molecule has 0 aliphatic heterocycles. The number of nitriles is 1. The molecule has 0 aliphatic carbocycles. The molecule has 0 bridgehead atoms. The smallest absolute Gasteiger partial charge is 0.317 e. The quantitative estimate of drug-likeness (QED) is 0.683. The Morgan fingerprint density at radius 1 is 1.24 bits per heavy atom. The van der Waals surface area contributed by atoms with E-state index in [4.69, 9.17) is 10.4 Å². The second-order valence-electron chi connectivity index (χ2n) is 6.10. The van der Waals surface area contributed by atoms with E-state index in [1.807, 2.05) is 33.8 Å². The summed E-state index contributed by atoms with van der Waals surface area (Å²) in [5.74, 6) is -0.920. The van der Waals surface area contributed by atoms with Gasteiger partial charge >= 0.3 is 12.0 Å². The SMILES string of the molecule is CC(C)CC(CNC(=O)N(CCC#N)CC(C)C)C(=O)O. The van der Waals surface area contributed by atoms with Gasteiger partial charge in [0.1, 0.15) is 0 Å². The summed E-state index contributed by atoms with van der Waals surface area (Å²) in [4.78, 5) is 24.8. The lowest BCUT2D eigenvalue weighted by molar-refractivity contribution is -0.142. The number of carbonyl (C=O) groups is 2. The number of carboxylic acids is 1. The summed E-state index contributed by atoms with van der Waals surface area (Å²) >= 11 is 0. The van der Waals surface area contributed by atoms with E-state index in [1.54, 1.807) is 4.90 Å². The molecule has 0 aromatic carbocycles. The fourth-order valence-corrected chi connectivity index (χ4v) is 2.06. The Morgan fingerprint density at radius 2 is 1.86 bits per heavy atom. The van der Waals surface area contributed by atoms with Crippen molar-refractivity contribution >= 4 is 12.0 Å². The summed E-state index contributed by atoms with van der Waals surface area (Å²) < 4.78 is 0. The van der Waals surface area contributed by atoms with Crippen LogP contribution >= 0.6 is 0 Å². The Labute approximate surface area is 127 Å². The van der Waals surface area contributed by atoms with Crippen LogP contribution < -0.4 is 5.32 Å². The highest BCUT2D eigenvalue weighted by Gasteiger charge is 2.21. The van der Waals surface area contributed by atoms with Crippen LogP contribution in [0.3, 0.4) is 0 Å². The van der Waals surface area contributed by atoms with Gasteiger partial charge < -0.3 is 15.3 Å². The van der Waals surface area contributed by atoms with Gasteiger partial charge in [0, 0.05) is 19.6 Å². The highest BCUT2D eigenvalue weighted by atomic mass is 16.4. The molecule has 0 aliphatic rings. The van der Waals surface area contributed by atoms with E-state index in [-0.39, 0.29) is 24.9 Å². The second kappa shape index (κ2) is 10.0. The molecule has 1 atom stereocenters. The van der Waals surface area contributed by atoms with Gasteiger partial charge in [-0.15, -0.1) is 0 Å². The molecule has 0 rings (SSSR count). The lowest BCUT2D eigenvalue weighted by Crippen LogP contribution is -2.44. The molecule has 0 heterocycles. The zero-order chi connectivity index (χ0) is 16.4. The van der Waals surface area contributed by atoms with Gasteiger partial charge in [-0.05, 0) is 18.3 Å². The zero-order valence-corrected chi connectivity index (χ0v) is 13.4. The fourth-order valence-electron chi connectivity index (χ4n) is 2.06. The molecule has 0 saturated carbocycles. The topological polar surface area (TPSA) is 93.4 Å². The monoisotopic (exact) mass is 297 g/mol. The maximum Gasteiger partial charge on any atom is 0.317 e. The summed E-state index contributed by atoms with van der Waals surface area (Å²) in [6.45, 7) is 8.92. The number of carboxylic acid groups (broad SMARTS) is 1. The number of aliphatic carboxylic acids is 1. The van der Waals surface area contributed by atoms with Crippen molar-refractivity contribution in [1.29, 1.82) is 5.26 Å². The van der Waals surface area contributed by atoms with Gasteiger partial charge in [-0.1, -0.05) is 27.7 Å². The zero-order valence-electron chi connectivity index (χ0n) is 13.4. The van der Waals surface area contributed by atoms with Crippen molar-refractivity contribution in [1.82, 2.24) is 10.2 Å². The van der Waals surface area contributed by atoms with Crippen LogP contribution in [0.2, 0.25) is 0 Å². The van der Waals surface area contributed by atoms with E-state index in [0.717, 1.165) is 0 Å². The van der Waals surface area contributed by atoms with Gasteiger partial charge in [0.05, 0.1) is 18.4 Å². The molecule has 0 fully saturated rings. The molecule has 0 radical (unpaired) electrons. The van der Waals surface area contributed by atoms with Gasteiger partial charge in [-0.25, -0.2) is 4.79 Å². The molecule has 0 aromatic rings. The first-order valence-electron chi connectivity index (χ1n) is 7.40. The van der Waals surface area contributed by atoms with Crippen LogP contribution in [0.5, 0.6) is 0 Å². The van der Waals surface area contributed by atoms with Gasteiger partial charge in [-0.2, -0.15) is 5.26 Å². The van der Waals surface area contributed by atoms with Crippen molar-refractivity contribution in [3.05, 3.63) is 0 Å². The molecule has 21 heavy (non-hydrogen) atoms. The molecule has 0 saturated heterocycles. The molecule has 120 valence electrons. The molecule has 0 aromatic heterocycles. The minimum atomic E-state index is -0.892. The van der Waals surface area contributed by atoms with Crippen LogP contribution in [0.4, 0.5) is 4.79 Å². The van der Waals surface area contributed by atoms with Crippen molar-refractivity contribution in [3.63, 3.8) is 0 Å². The summed E-state index contributed by atoms with van der Waals surface area (Å²) in [6, 6.07) is 1.72. The number of urea groups is 1. The van der Waals surface area contributed by atoms with Crippen LogP contribution in [0.1, 0.15) is 40.5 Å². The van der Waals surface area contributed by atoms with Gasteiger partial charge in [0.25, 0.3) is 0 Å². The number of nitrogens with zero attached hydrogens (tertiary/aromatic N) is 2. The number of nitrogens with one attached hydrogen (secondary N) is 1. The first-order chi connectivity index (χ1) is 9.77. The van der Waals surface area contributed by atoms with Gasteiger partial charge in [-0.3, -0.25) is 4.79 Å². The number of hydrogen-bond donors (Lipinski definition) is 2. The van der Waals surface area contributed by atoms with E-state index in [1.165, 1.54) is 0 Å². The Hall–Kier alpha value is -1.77. The van der Waals surface area contributed by atoms with Gasteiger partial charge in [0.15, 0.2) is 0 Å². The maximum absolute atomic E-state index is 12.1. The highest BCUT2D eigenvalue weighted by molar-refractivity contribution is 5.76. The van der Waals surface area contributed by atoms with E-state index in [0.29, 0.717) is 25.4 Å². The predicted octanol–water partition coefficient (Wildman–Crippen LogP) is 2.31. The number of amides is 2. The fraction of sp³-hybridized carbons (Fsp3) is 0.800. The first kappa shape index (κ1) is 19.2. The minimum Gasteiger partial charge on any atom is -0.481 e. The molecule has 6 nitrogen and oxygen atoms in total. The van der Waals surface area contributed by atoms with Crippen molar-refractivity contribution < 1.29 is 14.7 Å². The van der Waals surface area contributed by atoms with Crippen LogP contribution in [0.25, 0.3) is 0 Å². The molecule has 2 amide bonds. The Bertz CT molecular complexity index is 375. The molecular formula is C15H27N3O3. The third-order valence-corrected chi connectivity index (χ3v) is 2.97. The summed E-state index contributed by atoms with van der Waals surface area (Å²) in [5, 5.41) is 20.5. The van der Waals surface area contributed by atoms with Crippen molar-refractivity contribution in [2.75, 3.05) is 19.6 Å². The molecule has 1 unspecified atom stereocenters. The van der Waals surface area contributed by atoms with E-state index in [9.17, 15) is 9.59 Å². The molecule has 2 N–H and O–H groups in total. The van der Waals surface area contributed by atoms with Crippen molar-refractivity contribution in [2.24, 2.45) is 17.8 Å². The maximum atomic E-state index is 12.1. The third kappa shape index (κ3) is 8.90. The first-order valence-corrected chi connectivity index (χ1v) is 7.40. The Kier molecular flexibility index (Phi) is 9.18. The lowest BCUT2D eigenvalue weighted by atomic mass is 9.97. The van der Waals surface area contributed by atoms with Crippen molar-refractivity contribution in [3.8, 4) is 6.07 Å². The molecule has 0 spiro atoms. The second-order valence-corrected chi connectivity index (χ2v) is 6.10. The number of carbonyl (C=O) groups excluding carboxylic acids is 1. The molecule has 6 heteroatoms. The summed E-state index contributed by atoms with van der Waals surface area (Å²) in [7, 11) is 0. The van der Waals surface area contributed by atoms with E-state index in [2.05, 4.69) is 5.32 Å². The normalized spacial score (nSPS) is 12.0. The van der Waals surface area contributed by atoms with Crippen LogP contribution in [0, 0.1) is 29.1 Å². The minimum absolute atomic E-state index is 0.119.